The zero-order valence-corrected chi connectivity index (χ0v) is 14.8. The predicted molar refractivity (Wildman–Crippen MR) is 108 cm³/mol. The largest absolute Gasteiger partial charge is 0.340 e. The van der Waals surface area contributed by atoms with E-state index in [-0.39, 0.29) is 0 Å². The third-order valence-corrected chi connectivity index (χ3v) is 4.55. The topological polar surface area (TPSA) is 37.0 Å². The van der Waals surface area contributed by atoms with Crippen LogP contribution in [0.2, 0.25) is 0 Å². The van der Waals surface area contributed by atoms with E-state index in [1.807, 2.05) is 12.1 Å². The molecule has 0 atom stereocenters. The minimum atomic E-state index is 0.858. The predicted octanol–water partition coefficient (Wildman–Crippen LogP) is 3.47. The van der Waals surface area contributed by atoms with Gasteiger partial charge in [0.2, 0.25) is 0 Å². The Kier molecular flexibility index (Phi) is 5.08. The molecule has 0 fully saturated rings. The summed E-state index contributed by atoms with van der Waals surface area (Å²) in [6, 6.07) is 23.2. The lowest BCUT2D eigenvalue weighted by Crippen LogP contribution is -2.30. The number of rotatable bonds is 6. The van der Waals surface area contributed by atoms with Crippen molar-refractivity contribution in [1.29, 1.82) is 0 Å². The summed E-state index contributed by atoms with van der Waals surface area (Å²) in [6.45, 7) is 1.74. The van der Waals surface area contributed by atoms with E-state index in [4.69, 9.17) is 4.98 Å². The van der Waals surface area contributed by atoms with Crippen molar-refractivity contribution >= 4 is 23.7 Å². The van der Waals surface area contributed by atoms with Gasteiger partial charge in [-0.05, 0) is 53.5 Å². The zero-order chi connectivity index (χ0) is 17.6. The van der Waals surface area contributed by atoms with E-state index in [0.29, 0.717) is 0 Å². The Morgan fingerprint density at radius 3 is 2.27 bits per heavy atom. The quantitative estimate of drug-likeness (QED) is 0.721. The fraction of sp³-hybridized carbons (Fsp3) is 0.174. The second-order valence-corrected chi connectivity index (χ2v) is 6.57. The molecule has 0 saturated carbocycles. The first kappa shape index (κ1) is 16.6. The van der Waals surface area contributed by atoms with Gasteiger partial charge in [0.25, 0.3) is 0 Å². The Balaban J connectivity index is 1.36. The van der Waals surface area contributed by atoms with E-state index in [0.717, 1.165) is 42.8 Å². The number of aromatic nitrogens is 1. The van der Waals surface area contributed by atoms with E-state index in [1.165, 1.54) is 16.3 Å². The first-order valence-corrected chi connectivity index (χ1v) is 9.15. The number of anilines is 2. The Hall–Kier alpha value is -2.91. The third-order valence-electron chi connectivity index (χ3n) is 4.55. The molecule has 2 aromatic carbocycles. The van der Waals surface area contributed by atoms with Crippen LogP contribution in [0.1, 0.15) is 24.0 Å². The fourth-order valence-corrected chi connectivity index (χ4v) is 3.15. The summed E-state index contributed by atoms with van der Waals surface area (Å²) in [5.41, 5.74) is 3.63. The minimum absolute atomic E-state index is 0.858. The molecule has 0 bridgehead atoms. The van der Waals surface area contributed by atoms with Crippen molar-refractivity contribution in [3.8, 4) is 0 Å². The number of fused-ring (bicyclic) bond motifs is 1. The molecular weight excluding hydrogens is 318 g/mol. The number of hydrogen-bond donors (Lipinski definition) is 2. The average molecular weight is 341 g/mol. The van der Waals surface area contributed by atoms with Gasteiger partial charge in [-0.25, -0.2) is 4.98 Å². The van der Waals surface area contributed by atoms with Crippen LogP contribution in [0.4, 0.5) is 11.5 Å². The lowest BCUT2D eigenvalue weighted by molar-refractivity contribution is 0.693. The van der Waals surface area contributed by atoms with Gasteiger partial charge in [-0.1, -0.05) is 54.6 Å². The van der Waals surface area contributed by atoms with Gasteiger partial charge in [0.1, 0.15) is 5.82 Å². The number of pyridine rings is 1. The van der Waals surface area contributed by atoms with Crippen molar-refractivity contribution in [2.75, 3.05) is 5.32 Å². The molecule has 3 nitrogen and oxygen atoms in total. The molecule has 1 aromatic heterocycles. The maximum absolute atomic E-state index is 4.70. The highest BCUT2D eigenvalue weighted by molar-refractivity contribution is 5.56. The smallest absolute Gasteiger partial charge is 0.131 e. The second kappa shape index (κ2) is 7.98. The molecular formula is C23H23N3. The van der Waals surface area contributed by atoms with Gasteiger partial charge in [0.05, 0.1) is 5.35 Å². The van der Waals surface area contributed by atoms with Crippen LogP contribution in [-0.2, 0) is 13.1 Å². The molecule has 1 aliphatic carbocycles. The molecule has 0 unspecified atom stereocenters. The molecule has 1 aliphatic rings. The van der Waals surface area contributed by atoms with Crippen LogP contribution in [-0.4, -0.2) is 4.98 Å². The zero-order valence-electron chi connectivity index (χ0n) is 14.8. The van der Waals surface area contributed by atoms with Crippen LogP contribution in [0.5, 0.6) is 0 Å². The SMILES string of the molecule is C1=c2ccc(Nc3ccc(CNCc4ccccc4)cc3)nc2=CCC1. The summed E-state index contributed by atoms with van der Waals surface area (Å²) in [4.78, 5) is 4.70. The van der Waals surface area contributed by atoms with Gasteiger partial charge in [-0.2, -0.15) is 0 Å². The molecule has 26 heavy (non-hydrogen) atoms. The molecule has 130 valence electrons. The molecule has 2 N–H and O–H groups in total. The van der Waals surface area contributed by atoms with Crippen molar-refractivity contribution in [2.24, 2.45) is 0 Å². The van der Waals surface area contributed by atoms with Crippen LogP contribution >= 0.6 is 0 Å². The van der Waals surface area contributed by atoms with Crippen LogP contribution in [0.25, 0.3) is 12.2 Å². The Labute approximate surface area is 154 Å². The van der Waals surface area contributed by atoms with Gasteiger partial charge >= 0.3 is 0 Å². The van der Waals surface area contributed by atoms with Gasteiger partial charge < -0.3 is 10.6 Å². The highest BCUT2D eigenvalue weighted by Crippen LogP contribution is 2.14. The standard InChI is InChI=1S/C23H23N3/c1-2-6-18(7-3-1)16-24-17-19-10-13-21(14-11-19)25-23-15-12-20-8-4-5-9-22(20)26-23/h1-3,6-15,24H,4-5,16-17H2,(H,25,26). The first-order chi connectivity index (χ1) is 12.9. The molecule has 0 saturated heterocycles. The lowest BCUT2D eigenvalue weighted by Gasteiger charge is -2.09. The van der Waals surface area contributed by atoms with Crippen LogP contribution in [0, 0.1) is 0 Å². The summed E-state index contributed by atoms with van der Waals surface area (Å²) in [5, 5.41) is 9.20. The van der Waals surface area contributed by atoms with Gasteiger partial charge in [-0.15, -0.1) is 0 Å². The molecule has 3 heteroatoms. The lowest BCUT2D eigenvalue weighted by atomic mass is 10.1. The van der Waals surface area contributed by atoms with Gasteiger partial charge in [0, 0.05) is 18.8 Å². The number of nitrogens with zero attached hydrogens (tertiary/aromatic N) is 1. The Bertz CT molecular complexity index is 976. The van der Waals surface area contributed by atoms with E-state index in [1.54, 1.807) is 0 Å². The van der Waals surface area contributed by atoms with Crippen molar-refractivity contribution in [1.82, 2.24) is 10.3 Å². The summed E-state index contributed by atoms with van der Waals surface area (Å²) in [6.07, 6.45) is 6.65. The minimum Gasteiger partial charge on any atom is -0.340 e. The van der Waals surface area contributed by atoms with Crippen molar-refractivity contribution in [3.63, 3.8) is 0 Å². The van der Waals surface area contributed by atoms with Crippen molar-refractivity contribution in [2.45, 2.75) is 25.9 Å². The second-order valence-electron chi connectivity index (χ2n) is 6.57. The van der Waals surface area contributed by atoms with Gasteiger partial charge in [-0.3, -0.25) is 0 Å². The Morgan fingerprint density at radius 2 is 1.46 bits per heavy atom. The monoisotopic (exact) mass is 341 g/mol. The maximum Gasteiger partial charge on any atom is 0.131 e. The van der Waals surface area contributed by atoms with E-state index < -0.39 is 0 Å². The summed E-state index contributed by atoms with van der Waals surface area (Å²) >= 11 is 0. The van der Waals surface area contributed by atoms with Gasteiger partial charge in [0.15, 0.2) is 0 Å². The van der Waals surface area contributed by atoms with Crippen LogP contribution in [0.3, 0.4) is 0 Å². The summed E-state index contributed by atoms with van der Waals surface area (Å²) in [5.74, 6) is 0.894. The molecule has 1 heterocycles. The molecule has 4 rings (SSSR count). The van der Waals surface area contributed by atoms with Crippen LogP contribution in [0.15, 0.2) is 66.7 Å². The molecule has 0 spiro atoms. The molecule has 0 amide bonds. The number of hydrogen-bond acceptors (Lipinski definition) is 3. The normalized spacial score (nSPS) is 12.6. The van der Waals surface area contributed by atoms with Crippen LogP contribution < -0.4 is 21.2 Å². The molecule has 3 aromatic rings. The maximum atomic E-state index is 4.70. The Morgan fingerprint density at radius 1 is 0.731 bits per heavy atom. The number of benzene rings is 2. The molecule has 0 aliphatic heterocycles. The fourth-order valence-electron chi connectivity index (χ4n) is 3.15. The van der Waals surface area contributed by atoms with E-state index >= 15 is 0 Å². The highest BCUT2D eigenvalue weighted by atomic mass is 15.0. The molecule has 0 radical (unpaired) electrons. The highest BCUT2D eigenvalue weighted by Gasteiger charge is 2.00. The first-order valence-electron chi connectivity index (χ1n) is 9.15. The van der Waals surface area contributed by atoms with E-state index in [9.17, 15) is 0 Å². The third kappa shape index (κ3) is 4.19. The van der Waals surface area contributed by atoms with Crippen molar-refractivity contribution in [3.05, 3.63) is 88.4 Å². The van der Waals surface area contributed by atoms with Crippen molar-refractivity contribution < 1.29 is 0 Å². The van der Waals surface area contributed by atoms with E-state index in [2.05, 4.69) is 77.4 Å². The average Bonchev–Trinajstić information content (AvgIpc) is 2.70. The summed E-state index contributed by atoms with van der Waals surface area (Å²) in [7, 11) is 0. The number of nitrogens with one attached hydrogen (secondary N) is 2. The summed E-state index contributed by atoms with van der Waals surface area (Å²) < 4.78 is 0.